The van der Waals surface area contributed by atoms with Crippen LogP contribution in [0, 0.1) is 0 Å². The first-order valence-corrected chi connectivity index (χ1v) is 7.11. The third-order valence-corrected chi connectivity index (χ3v) is 3.03. The molecule has 0 aliphatic carbocycles. The van der Waals surface area contributed by atoms with Gasteiger partial charge in [-0.3, -0.25) is 0 Å². The van der Waals surface area contributed by atoms with Gasteiger partial charge in [0.2, 0.25) is 0 Å². The van der Waals surface area contributed by atoms with Gasteiger partial charge in [-0.2, -0.15) is 0 Å². The summed E-state index contributed by atoms with van der Waals surface area (Å²) in [4.78, 5) is 0. The zero-order valence-corrected chi connectivity index (χ0v) is 11.6. The predicted octanol–water partition coefficient (Wildman–Crippen LogP) is 4.09. The monoisotopic (exact) mass is 310 g/mol. The van der Waals surface area contributed by atoms with Crippen LogP contribution in [0.3, 0.4) is 0 Å². The molecule has 0 spiro atoms. The van der Waals surface area contributed by atoms with Crippen molar-refractivity contribution < 1.29 is 5.11 Å². The lowest BCUT2D eigenvalue weighted by Gasteiger charge is -2.18. The standard InChI is InChI=1S/C12H23IO/c1-3-4-9-12(2,14)10-7-5-6-8-11-13/h7,10,14H,3-6,8-9,11H2,1-2H3/b10-7+. The average Bonchev–Trinajstić information content (AvgIpc) is 2.15. The van der Waals surface area contributed by atoms with E-state index in [0.717, 1.165) is 25.7 Å². The maximum Gasteiger partial charge on any atom is 0.0799 e. The van der Waals surface area contributed by atoms with Crippen molar-refractivity contribution in [3.05, 3.63) is 12.2 Å². The third-order valence-electron chi connectivity index (χ3n) is 2.27. The van der Waals surface area contributed by atoms with Crippen LogP contribution in [-0.2, 0) is 0 Å². The molecule has 0 radical (unpaired) electrons. The predicted molar refractivity (Wildman–Crippen MR) is 72.0 cm³/mol. The van der Waals surface area contributed by atoms with Crippen LogP contribution in [0.15, 0.2) is 12.2 Å². The van der Waals surface area contributed by atoms with E-state index in [0.29, 0.717) is 0 Å². The summed E-state index contributed by atoms with van der Waals surface area (Å²) in [6.45, 7) is 4.05. The second-order valence-corrected chi connectivity index (χ2v) is 5.13. The maximum atomic E-state index is 9.91. The van der Waals surface area contributed by atoms with Crippen molar-refractivity contribution in [2.24, 2.45) is 0 Å². The Hall–Kier alpha value is 0.430. The molecule has 0 amide bonds. The highest BCUT2D eigenvalue weighted by Crippen LogP contribution is 2.15. The summed E-state index contributed by atoms with van der Waals surface area (Å²) in [5.41, 5.74) is -0.583. The molecule has 0 aliphatic heterocycles. The molecule has 0 aromatic carbocycles. The Labute approximate surface area is 102 Å². The number of rotatable bonds is 8. The highest BCUT2D eigenvalue weighted by Gasteiger charge is 2.14. The molecular weight excluding hydrogens is 287 g/mol. The first-order valence-electron chi connectivity index (χ1n) is 5.58. The minimum Gasteiger partial charge on any atom is -0.386 e. The normalized spacial score (nSPS) is 16.0. The number of allylic oxidation sites excluding steroid dienone is 1. The lowest BCUT2D eigenvalue weighted by molar-refractivity contribution is 0.0988. The van der Waals surface area contributed by atoms with Crippen molar-refractivity contribution in [2.45, 2.75) is 58.0 Å². The van der Waals surface area contributed by atoms with E-state index in [9.17, 15) is 5.11 Å². The Balaban J connectivity index is 3.60. The first-order chi connectivity index (χ1) is 6.62. The molecule has 84 valence electrons. The minimum absolute atomic E-state index is 0.583. The summed E-state index contributed by atoms with van der Waals surface area (Å²) >= 11 is 2.40. The fourth-order valence-electron chi connectivity index (χ4n) is 1.31. The summed E-state index contributed by atoms with van der Waals surface area (Å²) in [5, 5.41) is 9.91. The molecule has 0 saturated heterocycles. The van der Waals surface area contributed by atoms with Gasteiger partial charge in [0.1, 0.15) is 0 Å². The van der Waals surface area contributed by atoms with E-state index in [4.69, 9.17) is 0 Å². The molecule has 0 heterocycles. The molecular formula is C12H23IO. The van der Waals surface area contributed by atoms with Gasteiger partial charge in [-0.1, -0.05) is 54.5 Å². The van der Waals surface area contributed by atoms with Gasteiger partial charge in [-0.25, -0.2) is 0 Å². The first kappa shape index (κ1) is 14.4. The van der Waals surface area contributed by atoms with Gasteiger partial charge >= 0.3 is 0 Å². The zero-order chi connectivity index (χ0) is 10.9. The Morgan fingerprint density at radius 1 is 1.29 bits per heavy atom. The third kappa shape index (κ3) is 9.00. The second kappa shape index (κ2) is 8.72. The number of hydrogen-bond donors (Lipinski definition) is 1. The fourth-order valence-corrected chi connectivity index (χ4v) is 1.85. The van der Waals surface area contributed by atoms with Gasteiger partial charge in [-0.05, 0) is 37.0 Å². The van der Waals surface area contributed by atoms with E-state index < -0.39 is 5.60 Å². The summed E-state index contributed by atoms with van der Waals surface area (Å²) in [6.07, 6.45) is 10.9. The van der Waals surface area contributed by atoms with Gasteiger partial charge in [0.05, 0.1) is 5.60 Å². The Kier molecular flexibility index (Phi) is 8.98. The molecule has 0 bridgehead atoms. The number of aliphatic hydroxyl groups is 1. The number of hydrogen-bond acceptors (Lipinski definition) is 1. The van der Waals surface area contributed by atoms with Gasteiger partial charge < -0.3 is 5.11 Å². The molecule has 1 N–H and O–H groups in total. The lowest BCUT2D eigenvalue weighted by Crippen LogP contribution is -2.20. The quantitative estimate of drug-likeness (QED) is 0.310. The van der Waals surface area contributed by atoms with Crippen molar-refractivity contribution >= 4 is 22.6 Å². The van der Waals surface area contributed by atoms with Gasteiger partial charge in [0.15, 0.2) is 0 Å². The molecule has 0 aromatic heterocycles. The average molecular weight is 310 g/mol. The van der Waals surface area contributed by atoms with E-state index in [1.54, 1.807) is 0 Å². The van der Waals surface area contributed by atoms with E-state index >= 15 is 0 Å². The van der Waals surface area contributed by atoms with Crippen molar-refractivity contribution in [3.63, 3.8) is 0 Å². The topological polar surface area (TPSA) is 20.2 Å². The zero-order valence-electron chi connectivity index (χ0n) is 9.43. The molecule has 2 heteroatoms. The molecule has 0 fully saturated rings. The molecule has 0 rings (SSSR count). The van der Waals surface area contributed by atoms with Crippen molar-refractivity contribution in [1.29, 1.82) is 0 Å². The summed E-state index contributed by atoms with van der Waals surface area (Å²) in [5.74, 6) is 0. The van der Waals surface area contributed by atoms with Crippen molar-refractivity contribution in [3.8, 4) is 0 Å². The summed E-state index contributed by atoms with van der Waals surface area (Å²) < 4.78 is 1.23. The van der Waals surface area contributed by atoms with E-state index in [1.807, 2.05) is 13.0 Å². The lowest BCUT2D eigenvalue weighted by atomic mass is 9.98. The molecule has 14 heavy (non-hydrogen) atoms. The number of unbranched alkanes of at least 4 members (excludes halogenated alkanes) is 3. The molecule has 1 nitrogen and oxygen atoms in total. The Morgan fingerprint density at radius 3 is 2.57 bits per heavy atom. The van der Waals surface area contributed by atoms with Crippen LogP contribution in [-0.4, -0.2) is 15.1 Å². The SMILES string of the molecule is CCCCC(C)(O)/C=C/CCCCI. The van der Waals surface area contributed by atoms with Crippen molar-refractivity contribution in [2.75, 3.05) is 4.43 Å². The van der Waals surface area contributed by atoms with Crippen LogP contribution in [0.2, 0.25) is 0 Å². The smallest absolute Gasteiger partial charge is 0.0799 e. The van der Waals surface area contributed by atoms with Crippen LogP contribution in [0.4, 0.5) is 0 Å². The highest BCUT2D eigenvalue weighted by atomic mass is 127. The van der Waals surface area contributed by atoms with Crippen LogP contribution in [0.5, 0.6) is 0 Å². The minimum atomic E-state index is -0.583. The van der Waals surface area contributed by atoms with E-state index in [2.05, 4.69) is 35.6 Å². The van der Waals surface area contributed by atoms with Gasteiger partial charge in [-0.15, -0.1) is 0 Å². The Morgan fingerprint density at radius 2 is 2.00 bits per heavy atom. The molecule has 0 saturated carbocycles. The molecule has 1 unspecified atom stereocenters. The van der Waals surface area contributed by atoms with Crippen LogP contribution in [0.25, 0.3) is 0 Å². The Bertz CT molecular complexity index is 152. The largest absolute Gasteiger partial charge is 0.386 e. The second-order valence-electron chi connectivity index (χ2n) is 4.05. The number of halogens is 1. The van der Waals surface area contributed by atoms with Crippen LogP contribution in [0.1, 0.15) is 52.4 Å². The van der Waals surface area contributed by atoms with Crippen molar-refractivity contribution in [1.82, 2.24) is 0 Å². The summed E-state index contributed by atoms with van der Waals surface area (Å²) in [7, 11) is 0. The molecule has 1 atom stereocenters. The number of alkyl halides is 1. The maximum absolute atomic E-state index is 9.91. The van der Waals surface area contributed by atoms with E-state index in [1.165, 1.54) is 17.3 Å². The fraction of sp³-hybridized carbons (Fsp3) is 0.833. The van der Waals surface area contributed by atoms with E-state index in [-0.39, 0.29) is 0 Å². The summed E-state index contributed by atoms with van der Waals surface area (Å²) in [6, 6.07) is 0. The molecule has 0 aliphatic rings. The molecule has 0 aromatic rings. The highest BCUT2D eigenvalue weighted by molar-refractivity contribution is 14.1. The van der Waals surface area contributed by atoms with Crippen LogP contribution >= 0.6 is 22.6 Å². The van der Waals surface area contributed by atoms with Gasteiger partial charge in [0, 0.05) is 0 Å². The van der Waals surface area contributed by atoms with Crippen LogP contribution < -0.4 is 0 Å². The van der Waals surface area contributed by atoms with Gasteiger partial charge in [0.25, 0.3) is 0 Å².